The monoisotopic (exact) mass is 360 g/mol. The van der Waals surface area contributed by atoms with E-state index in [0.717, 1.165) is 43.1 Å². The molecule has 0 amide bonds. The average Bonchev–Trinajstić information content (AvgIpc) is 3.22. The molecule has 0 saturated carbocycles. The van der Waals surface area contributed by atoms with Crippen LogP contribution in [-0.4, -0.2) is 68.8 Å². The number of aliphatic hydroxyl groups is 1. The number of likely N-dealkylation sites (N-methyl/N-ethyl adjacent to an activating group) is 1. The second-order valence-corrected chi connectivity index (χ2v) is 7.39. The van der Waals surface area contributed by atoms with Crippen molar-refractivity contribution in [2.75, 3.05) is 38.1 Å². The summed E-state index contributed by atoms with van der Waals surface area (Å²) >= 11 is -1.46. The van der Waals surface area contributed by atoms with E-state index in [2.05, 4.69) is 37.7 Å². The van der Waals surface area contributed by atoms with Crippen LogP contribution in [0, 0.1) is 0 Å². The van der Waals surface area contributed by atoms with Crippen molar-refractivity contribution in [3.63, 3.8) is 0 Å². The third kappa shape index (κ3) is 3.42. The lowest BCUT2D eigenvalue weighted by Gasteiger charge is -2.33. The first-order valence-electron chi connectivity index (χ1n) is 8.13. The van der Waals surface area contributed by atoms with E-state index in [4.69, 9.17) is 0 Å². The Morgan fingerprint density at radius 2 is 2.08 bits per heavy atom. The first kappa shape index (κ1) is 16.6. The summed E-state index contributed by atoms with van der Waals surface area (Å²) in [5.74, 6) is 0.957. The maximum absolute atomic E-state index is 11.9. The number of nitrogens with one attached hydrogen (secondary N) is 1. The van der Waals surface area contributed by atoms with E-state index < -0.39 is 17.6 Å². The van der Waals surface area contributed by atoms with Gasteiger partial charge < -0.3 is 19.5 Å². The van der Waals surface area contributed by atoms with E-state index >= 15 is 0 Å². The summed E-state index contributed by atoms with van der Waals surface area (Å²) in [5, 5.41) is 14.2. The van der Waals surface area contributed by atoms with Crippen LogP contribution in [0.1, 0.15) is 0 Å². The highest BCUT2D eigenvalue weighted by molar-refractivity contribution is 7.98. The first-order chi connectivity index (χ1) is 12.1. The quantitative estimate of drug-likeness (QED) is 0.749. The molecule has 2 atom stereocenters. The molecule has 0 bridgehead atoms. The van der Waals surface area contributed by atoms with Crippen LogP contribution in [0.5, 0.6) is 0 Å². The summed E-state index contributed by atoms with van der Waals surface area (Å²) in [7, 11) is 2.13. The van der Waals surface area contributed by atoms with Crippen LogP contribution in [0.2, 0.25) is 0 Å². The summed E-state index contributed by atoms with van der Waals surface area (Å²) in [6.07, 6.45) is 5.93. The molecule has 4 heterocycles. The van der Waals surface area contributed by atoms with Gasteiger partial charge in [0, 0.05) is 50.2 Å². The van der Waals surface area contributed by atoms with Gasteiger partial charge in [-0.15, -0.1) is 4.72 Å². The molecule has 0 radical (unpaired) electrons. The van der Waals surface area contributed by atoms with Crippen molar-refractivity contribution >= 4 is 22.2 Å². The lowest BCUT2D eigenvalue weighted by Crippen LogP contribution is -2.44. The van der Waals surface area contributed by atoms with Crippen LogP contribution in [-0.2, 0) is 11.4 Å². The number of hydrogen-bond donors (Lipinski definition) is 2. The largest absolute Gasteiger partial charge is 0.592 e. The summed E-state index contributed by atoms with van der Waals surface area (Å²) in [6, 6.07) is 3.99. The fourth-order valence-electron chi connectivity index (χ4n) is 2.96. The van der Waals surface area contributed by atoms with Crippen molar-refractivity contribution in [2.24, 2.45) is 0 Å². The van der Waals surface area contributed by atoms with E-state index in [-0.39, 0.29) is 0 Å². The highest BCUT2D eigenvalue weighted by Gasteiger charge is 2.29. The van der Waals surface area contributed by atoms with Gasteiger partial charge in [-0.1, -0.05) is 0 Å². The van der Waals surface area contributed by atoms with Crippen LogP contribution in [0.3, 0.4) is 0 Å². The van der Waals surface area contributed by atoms with Gasteiger partial charge in [-0.3, -0.25) is 0 Å². The maximum atomic E-state index is 11.9. The molecule has 2 aliphatic rings. The second kappa shape index (κ2) is 6.77. The molecule has 1 fully saturated rings. The van der Waals surface area contributed by atoms with Crippen LogP contribution in [0.25, 0.3) is 16.2 Å². The molecule has 0 spiro atoms. The maximum Gasteiger partial charge on any atom is 0.267 e. The highest BCUT2D eigenvalue weighted by Crippen LogP contribution is 2.26. The zero-order chi connectivity index (χ0) is 17.4. The lowest BCUT2D eigenvalue weighted by molar-refractivity contribution is 0.216. The minimum Gasteiger partial charge on any atom is -0.592 e. The fourth-order valence-corrected chi connectivity index (χ4v) is 3.89. The van der Waals surface area contributed by atoms with Crippen LogP contribution in [0.4, 0.5) is 5.82 Å². The van der Waals surface area contributed by atoms with Gasteiger partial charge in [-0.05, 0) is 24.7 Å². The first-order valence-corrected chi connectivity index (χ1v) is 9.28. The second-order valence-electron chi connectivity index (χ2n) is 6.20. The van der Waals surface area contributed by atoms with Gasteiger partial charge >= 0.3 is 0 Å². The molecule has 2 N–H and O–H groups in total. The fraction of sp³-hybridized carbons (Fsp3) is 0.375. The molecule has 9 heteroatoms. The minimum absolute atomic E-state index is 0.437. The van der Waals surface area contributed by atoms with Gasteiger partial charge in [0.05, 0.1) is 6.20 Å². The van der Waals surface area contributed by atoms with E-state index in [1.54, 1.807) is 12.4 Å². The summed E-state index contributed by atoms with van der Waals surface area (Å²) in [6.45, 7) is 3.97. The molecule has 2 unspecified atom stereocenters. The number of rotatable bonds is 3. The Balaban J connectivity index is 1.57. The van der Waals surface area contributed by atoms with Crippen molar-refractivity contribution in [3.8, 4) is 11.1 Å². The van der Waals surface area contributed by atoms with Crippen molar-refractivity contribution < 1.29 is 9.66 Å². The SMILES string of the molecule is CN1CCN(c2cc(-c3cnn(C4=CC(O)N[S+]4[O-])c3)ccn2)CC1. The number of nitrogens with zero attached hydrogens (tertiary/aromatic N) is 5. The third-order valence-electron chi connectivity index (χ3n) is 4.43. The minimum atomic E-state index is -1.46. The van der Waals surface area contributed by atoms with Gasteiger partial charge in [0.1, 0.15) is 17.2 Å². The topological polar surface area (TPSA) is 92.5 Å². The molecular formula is C16H20N6O2S. The number of piperazine rings is 1. The third-order valence-corrected chi connectivity index (χ3v) is 5.59. The van der Waals surface area contributed by atoms with Crippen LogP contribution >= 0.6 is 0 Å². The smallest absolute Gasteiger partial charge is 0.267 e. The van der Waals surface area contributed by atoms with Crippen LogP contribution in [0.15, 0.2) is 36.8 Å². The molecule has 2 aromatic heterocycles. The number of pyridine rings is 1. The molecule has 0 aliphatic carbocycles. The van der Waals surface area contributed by atoms with Gasteiger partial charge in [0.2, 0.25) is 0 Å². The zero-order valence-electron chi connectivity index (χ0n) is 13.9. The van der Waals surface area contributed by atoms with Gasteiger partial charge in [0.25, 0.3) is 5.03 Å². The molecule has 2 aromatic rings. The van der Waals surface area contributed by atoms with Crippen molar-refractivity contribution in [2.45, 2.75) is 6.23 Å². The Bertz CT molecular complexity index is 786. The molecule has 0 aromatic carbocycles. The van der Waals surface area contributed by atoms with Crippen LogP contribution < -0.4 is 9.62 Å². The van der Waals surface area contributed by atoms with Gasteiger partial charge in [-0.25, -0.2) is 4.98 Å². The molecule has 8 nitrogen and oxygen atoms in total. The number of hydrogen-bond acceptors (Lipinski definition) is 7. The molecular weight excluding hydrogens is 340 g/mol. The highest BCUT2D eigenvalue weighted by atomic mass is 32.2. The van der Waals surface area contributed by atoms with E-state index in [1.807, 2.05) is 12.3 Å². The Morgan fingerprint density at radius 1 is 1.28 bits per heavy atom. The average molecular weight is 360 g/mol. The Labute approximate surface area is 149 Å². The van der Waals surface area contributed by atoms with Crippen molar-refractivity contribution in [3.05, 3.63) is 36.8 Å². The Kier molecular flexibility index (Phi) is 4.48. The summed E-state index contributed by atoms with van der Waals surface area (Å²) in [4.78, 5) is 9.09. The Hall–Kier alpha value is -1.91. The van der Waals surface area contributed by atoms with Crippen molar-refractivity contribution in [1.29, 1.82) is 0 Å². The molecule has 132 valence electrons. The molecule has 4 rings (SSSR count). The zero-order valence-corrected chi connectivity index (χ0v) is 14.7. The van der Waals surface area contributed by atoms with E-state index in [9.17, 15) is 9.66 Å². The molecule has 2 aliphatic heterocycles. The standard InChI is InChI=1S/C16H20N6O2S/c1-20-4-6-21(7-5-20)14-8-12(2-3-17-14)13-10-18-22(11-13)16-9-15(23)19-25(16)24/h2-3,8-11,15,19,23H,4-7H2,1H3. The lowest BCUT2D eigenvalue weighted by atomic mass is 10.1. The normalized spacial score (nSPS) is 24.6. The predicted octanol–water partition coefficient (Wildman–Crippen LogP) is 0.0806. The van der Waals surface area contributed by atoms with Gasteiger partial charge in [-0.2, -0.15) is 9.78 Å². The number of anilines is 1. The van der Waals surface area contributed by atoms with E-state index in [1.165, 1.54) is 10.8 Å². The van der Waals surface area contributed by atoms with E-state index in [0.29, 0.717) is 5.03 Å². The summed E-state index contributed by atoms with van der Waals surface area (Å²) < 4.78 is 16.0. The van der Waals surface area contributed by atoms with Crippen molar-refractivity contribution in [1.82, 2.24) is 24.4 Å². The number of aliphatic hydroxyl groups excluding tert-OH is 1. The number of aromatic nitrogens is 3. The summed E-state index contributed by atoms with van der Waals surface area (Å²) in [5.41, 5.74) is 1.92. The Morgan fingerprint density at radius 3 is 2.80 bits per heavy atom. The molecule has 25 heavy (non-hydrogen) atoms. The molecule has 1 saturated heterocycles. The van der Waals surface area contributed by atoms with Gasteiger partial charge in [0.15, 0.2) is 6.23 Å². The predicted molar refractivity (Wildman–Crippen MR) is 96.7 cm³/mol.